The van der Waals surface area contributed by atoms with E-state index in [0.717, 1.165) is 44.0 Å². The molecule has 0 spiro atoms. The molecular weight excluding hydrogens is 685 g/mol. The van der Waals surface area contributed by atoms with Crippen molar-refractivity contribution in [3.8, 4) is 78.3 Å². The first-order chi connectivity index (χ1) is 27.2. The number of fused-ring (bicyclic) bond motifs is 3. The molecule has 0 aliphatic rings. The second-order valence-electron chi connectivity index (χ2n) is 13.8. The molecule has 0 aliphatic carbocycles. The fourth-order valence-electron chi connectivity index (χ4n) is 7.45. The maximum atomic E-state index is 5.19. The summed E-state index contributed by atoms with van der Waals surface area (Å²) in [6.07, 6.45) is 0. The van der Waals surface area contributed by atoms with Gasteiger partial charge in [-0.2, -0.15) is 0 Å². The summed E-state index contributed by atoms with van der Waals surface area (Å²) < 4.78 is 2.34. The number of hydrogen-bond donors (Lipinski definition) is 0. The molecule has 0 bridgehead atoms. The monoisotopic (exact) mass is 718 g/mol. The summed E-state index contributed by atoms with van der Waals surface area (Å²) in [5.41, 5.74) is 16.0. The van der Waals surface area contributed by atoms with Crippen molar-refractivity contribution in [2.24, 2.45) is 0 Å². The second-order valence-corrected chi connectivity index (χ2v) is 14.9. The first-order valence-electron chi connectivity index (χ1n) is 18.6. The van der Waals surface area contributed by atoms with Gasteiger partial charge in [0.1, 0.15) is 0 Å². The summed E-state index contributed by atoms with van der Waals surface area (Å²) in [7, 11) is 0. The summed E-state index contributed by atoms with van der Waals surface area (Å²) in [5, 5.41) is 1.17. The van der Waals surface area contributed by atoms with Crippen LogP contribution in [-0.4, -0.2) is 9.97 Å². The topological polar surface area (TPSA) is 25.8 Å². The molecule has 0 amide bonds. The Labute approximate surface area is 324 Å². The molecule has 0 saturated carbocycles. The lowest BCUT2D eigenvalue weighted by molar-refractivity contribution is 1.24. The summed E-state index contributed by atoms with van der Waals surface area (Å²) in [5.74, 6) is 0.735. The number of nitrogens with zero attached hydrogens (tertiary/aromatic N) is 2. The Morgan fingerprint density at radius 1 is 0.291 bits per heavy atom. The fourth-order valence-corrected chi connectivity index (χ4v) is 8.60. The van der Waals surface area contributed by atoms with Crippen LogP contribution >= 0.6 is 11.3 Å². The van der Waals surface area contributed by atoms with Crippen molar-refractivity contribution in [2.45, 2.75) is 0 Å². The van der Waals surface area contributed by atoms with Crippen LogP contribution in [0.15, 0.2) is 206 Å². The Morgan fingerprint density at radius 3 is 1.25 bits per heavy atom. The zero-order valence-electron chi connectivity index (χ0n) is 29.9. The number of thiophene rings is 1. The Bertz CT molecular complexity index is 2880. The van der Waals surface area contributed by atoms with Crippen molar-refractivity contribution in [3.05, 3.63) is 206 Å². The molecule has 0 radical (unpaired) electrons. The Hall–Kier alpha value is -6.94. The predicted molar refractivity (Wildman–Crippen MR) is 233 cm³/mol. The van der Waals surface area contributed by atoms with Crippen molar-refractivity contribution >= 4 is 31.6 Å². The first-order valence-corrected chi connectivity index (χ1v) is 19.4. The van der Waals surface area contributed by atoms with Gasteiger partial charge in [0, 0.05) is 21.2 Å². The van der Waals surface area contributed by atoms with E-state index in [2.05, 4.69) is 200 Å². The van der Waals surface area contributed by atoms with Gasteiger partial charge in [0.25, 0.3) is 0 Å². The van der Waals surface area contributed by atoms with Gasteiger partial charge in [0.05, 0.1) is 15.9 Å². The molecule has 2 nitrogen and oxygen atoms in total. The van der Waals surface area contributed by atoms with Crippen LogP contribution in [0.4, 0.5) is 0 Å². The van der Waals surface area contributed by atoms with E-state index >= 15 is 0 Å². The van der Waals surface area contributed by atoms with Gasteiger partial charge in [-0.15, -0.1) is 11.3 Å². The Morgan fingerprint density at radius 2 is 0.691 bits per heavy atom. The molecule has 0 unspecified atom stereocenters. The molecule has 8 aromatic carbocycles. The van der Waals surface area contributed by atoms with Crippen LogP contribution in [0.5, 0.6) is 0 Å². The van der Waals surface area contributed by atoms with Crippen molar-refractivity contribution in [2.75, 3.05) is 0 Å². The lowest BCUT2D eigenvalue weighted by Crippen LogP contribution is -1.94. The second kappa shape index (κ2) is 14.1. The van der Waals surface area contributed by atoms with Gasteiger partial charge in [-0.1, -0.05) is 176 Å². The maximum Gasteiger partial charge on any atom is 0.160 e. The highest BCUT2D eigenvalue weighted by molar-refractivity contribution is 7.26. The molecule has 2 heterocycles. The molecule has 0 aliphatic heterocycles. The van der Waals surface area contributed by atoms with Crippen LogP contribution in [0.1, 0.15) is 0 Å². The molecule has 0 fully saturated rings. The zero-order valence-corrected chi connectivity index (χ0v) is 30.7. The normalized spacial score (nSPS) is 11.3. The van der Waals surface area contributed by atoms with Gasteiger partial charge in [-0.3, -0.25) is 0 Å². The minimum absolute atomic E-state index is 0.735. The zero-order chi connectivity index (χ0) is 36.6. The first kappa shape index (κ1) is 32.7. The van der Waals surface area contributed by atoms with E-state index in [1.54, 1.807) is 11.3 Å². The third-order valence-electron chi connectivity index (χ3n) is 10.3. The highest BCUT2D eigenvalue weighted by atomic mass is 32.1. The Kier molecular flexibility index (Phi) is 8.40. The van der Waals surface area contributed by atoms with Crippen molar-refractivity contribution < 1.29 is 0 Å². The SMILES string of the molecule is c1ccc(-c2cc(-c3ccccc3)cc(-c3ccc(-c4ccc(-c5cccc(-c6nc(-c7ccccc7)c7sc8ccccc8c7n6)c5)cc4)cc3)c2)cc1. The van der Waals surface area contributed by atoms with E-state index in [-0.39, 0.29) is 0 Å². The van der Waals surface area contributed by atoms with Crippen molar-refractivity contribution in [1.29, 1.82) is 0 Å². The summed E-state index contributed by atoms with van der Waals surface area (Å²) in [6, 6.07) is 73.5. The molecule has 55 heavy (non-hydrogen) atoms. The molecular formula is C52H34N2S. The lowest BCUT2D eigenvalue weighted by Gasteiger charge is -2.12. The molecule has 258 valence electrons. The molecule has 2 aromatic heterocycles. The average Bonchev–Trinajstić information content (AvgIpc) is 3.66. The lowest BCUT2D eigenvalue weighted by atomic mass is 9.92. The third kappa shape index (κ3) is 6.41. The number of aromatic nitrogens is 2. The molecule has 10 aromatic rings. The maximum absolute atomic E-state index is 5.19. The van der Waals surface area contributed by atoms with Crippen LogP contribution in [0.3, 0.4) is 0 Å². The molecule has 3 heteroatoms. The van der Waals surface area contributed by atoms with E-state index in [1.165, 1.54) is 54.6 Å². The van der Waals surface area contributed by atoms with Gasteiger partial charge >= 0.3 is 0 Å². The van der Waals surface area contributed by atoms with Gasteiger partial charge in [-0.05, 0) is 86.0 Å². The third-order valence-corrected chi connectivity index (χ3v) is 11.5. The largest absolute Gasteiger partial charge is 0.226 e. The van der Waals surface area contributed by atoms with Crippen molar-refractivity contribution in [3.63, 3.8) is 0 Å². The van der Waals surface area contributed by atoms with Gasteiger partial charge in [-0.25, -0.2) is 9.97 Å². The fraction of sp³-hybridized carbons (Fsp3) is 0. The standard InChI is InChI=1S/C52H34N2S/c1-4-13-35(14-5-1)44-32-45(36-15-6-2-7-16-36)34-46(33-44)40-29-25-38(26-30-40)37-23-27-39(28-24-37)42-19-12-20-43(31-42)52-53-49(41-17-8-3-9-18-41)51-50(54-52)47-21-10-11-22-48(47)55-51/h1-34H. The summed E-state index contributed by atoms with van der Waals surface area (Å²) >= 11 is 1.76. The number of benzene rings is 8. The average molecular weight is 719 g/mol. The van der Waals surface area contributed by atoms with E-state index < -0.39 is 0 Å². The predicted octanol–water partition coefficient (Wildman–Crippen LogP) is 14.5. The number of rotatable bonds is 7. The minimum Gasteiger partial charge on any atom is -0.226 e. The molecule has 10 rings (SSSR count). The summed E-state index contributed by atoms with van der Waals surface area (Å²) in [4.78, 5) is 10.4. The van der Waals surface area contributed by atoms with Crippen LogP contribution < -0.4 is 0 Å². The minimum atomic E-state index is 0.735. The molecule has 0 atom stereocenters. The van der Waals surface area contributed by atoms with Crippen LogP contribution in [0.25, 0.3) is 98.6 Å². The van der Waals surface area contributed by atoms with E-state index in [9.17, 15) is 0 Å². The highest BCUT2D eigenvalue weighted by Crippen LogP contribution is 2.40. The molecule has 0 N–H and O–H groups in total. The summed E-state index contributed by atoms with van der Waals surface area (Å²) in [6.45, 7) is 0. The van der Waals surface area contributed by atoms with Crippen LogP contribution in [-0.2, 0) is 0 Å². The van der Waals surface area contributed by atoms with Crippen LogP contribution in [0, 0.1) is 0 Å². The molecule has 0 saturated heterocycles. The van der Waals surface area contributed by atoms with Gasteiger partial charge < -0.3 is 0 Å². The van der Waals surface area contributed by atoms with Gasteiger partial charge in [0.2, 0.25) is 0 Å². The van der Waals surface area contributed by atoms with Gasteiger partial charge in [0.15, 0.2) is 5.82 Å². The highest BCUT2D eigenvalue weighted by Gasteiger charge is 2.17. The van der Waals surface area contributed by atoms with E-state index in [0.29, 0.717) is 0 Å². The number of hydrogen-bond acceptors (Lipinski definition) is 3. The Balaban J connectivity index is 0.957. The van der Waals surface area contributed by atoms with E-state index in [1.807, 2.05) is 6.07 Å². The quantitative estimate of drug-likeness (QED) is 0.164. The smallest absolute Gasteiger partial charge is 0.160 e. The van der Waals surface area contributed by atoms with Crippen LogP contribution in [0.2, 0.25) is 0 Å². The van der Waals surface area contributed by atoms with E-state index in [4.69, 9.17) is 9.97 Å². The van der Waals surface area contributed by atoms with Crippen molar-refractivity contribution in [1.82, 2.24) is 9.97 Å².